The molecule has 2 atom stereocenters. The van der Waals surface area contributed by atoms with Crippen LogP contribution in [0.4, 0.5) is 4.79 Å². The first-order chi connectivity index (χ1) is 16.8. The van der Waals surface area contributed by atoms with E-state index in [1.54, 1.807) is 4.90 Å². The number of alkyl carbamates (subject to hydrolysis) is 1. The number of likely N-dealkylation sites (N-methyl/N-ethyl adjacent to an activating group) is 1. The number of nitrogens with zero attached hydrogens (tertiary/aromatic N) is 2. The fourth-order valence-corrected chi connectivity index (χ4v) is 5.24. The van der Waals surface area contributed by atoms with Gasteiger partial charge in [0, 0.05) is 25.0 Å². The molecule has 8 nitrogen and oxygen atoms in total. The fraction of sp³-hybridized carbons (Fsp3) is 0.444. The van der Waals surface area contributed by atoms with Crippen LogP contribution in [-0.2, 0) is 14.3 Å². The molecule has 2 aliphatic rings. The maximum Gasteiger partial charge on any atom is 0.407 e. The Morgan fingerprint density at radius 3 is 2.29 bits per heavy atom. The number of ether oxygens (including phenoxy) is 1. The zero-order chi connectivity index (χ0) is 24.9. The van der Waals surface area contributed by atoms with E-state index in [4.69, 9.17) is 4.74 Å². The summed E-state index contributed by atoms with van der Waals surface area (Å²) < 4.78 is 5.65. The number of amides is 2. The average molecular weight is 480 g/mol. The number of likely N-dealkylation sites (tertiary alicyclic amines) is 1. The van der Waals surface area contributed by atoms with Gasteiger partial charge in [0.15, 0.2) is 0 Å². The van der Waals surface area contributed by atoms with Gasteiger partial charge in [-0.3, -0.25) is 9.59 Å². The fourth-order valence-electron chi connectivity index (χ4n) is 5.24. The largest absolute Gasteiger partial charge is 0.481 e. The van der Waals surface area contributed by atoms with Crippen molar-refractivity contribution in [3.8, 4) is 11.1 Å². The minimum atomic E-state index is -0.927. The van der Waals surface area contributed by atoms with E-state index < -0.39 is 18.1 Å². The van der Waals surface area contributed by atoms with E-state index in [9.17, 15) is 19.5 Å². The van der Waals surface area contributed by atoms with Crippen LogP contribution >= 0.6 is 0 Å². The summed E-state index contributed by atoms with van der Waals surface area (Å²) in [6.45, 7) is 0.945. The lowest BCUT2D eigenvalue weighted by atomic mass is 9.98. The number of benzene rings is 2. The second kappa shape index (κ2) is 10.9. The Morgan fingerprint density at radius 2 is 1.69 bits per heavy atom. The van der Waals surface area contributed by atoms with Gasteiger partial charge in [-0.1, -0.05) is 48.5 Å². The van der Waals surface area contributed by atoms with Gasteiger partial charge in [0.1, 0.15) is 12.6 Å². The molecule has 2 aromatic carbocycles. The van der Waals surface area contributed by atoms with E-state index in [1.807, 2.05) is 43.3 Å². The van der Waals surface area contributed by atoms with Gasteiger partial charge in [-0.15, -0.1) is 0 Å². The molecule has 0 bridgehead atoms. The van der Waals surface area contributed by atoms with E-state index >= 15 is 0 Å². The van der Waals surface area contributed by atoms with Crippen molar-refractivity contribution in [2.45, 2.75) is 43.7 Å². The van der Waals surface area contributed by atoms with Crippen LogP contribution in [0.25, 0.3) is 11.1 Å². The monoisotopic (exact) mass is 479 g/mol. The molecule has 2 aromatic rings. The van der Waals surface area contributed by atoms with E-state index in [0.29, 0.717) is 19.5 Å². The molecular formula is C27H33N3O5. The van der Waals surface area contributed by atoms with Gasteiger partial charge < -0.3 is 25.0 Å². The molecule has 1 fully saturated rings. The Balaban J connectivity index is 1.44. The Morgan fingerprint density at radius 1 is 1.06 bits per heavy atom. The molecule has 2 amide bonds. The lowest BCUT2D eigenvalue weighted by Gasteiger charge is -2.37. The molecule has 1 aliphatic heterocycles. The topological polar surface area (TPSA) is 99.2 Å². The number of carboxylic acids is 1. The Kier molecular flexibility index (Phi) is 7.70. The normalized spacial score (nSPS) is 18.0. The summed E-state index contributed by atoms with van der Waals surface area (Å²) in [5.41, 5.74) is 4.53. The highest BCUT2D eigenvalue weighted by molar-refractivity contribution is 5.87. The van der Waals surface area contributed by atoms with Gasteiger partial charge in [-0.2, -0.15) is 0 Å². The third kappa shape index (κ3) is 5.65. The Bertz CT molecular complexity index is 1040. The predicted octanol–water partition coefficient (Wildman–Crippen LogP) is 3.31. The first kappa shape index (κ1) is 24.7. The summed E-state index contributed by atoms with van der Waals surface area (Å²) in [6.07, 6.45) is 1.61. The van der Waals surface area contributed by atoms with Crippen molar-refractivity contribution in [3.63, 3.8) is 0 Å². The number of hydrogen-bond acceptors (Lipinski definition) is 5. The van der Waals surface area contributed by atoms with Crippen LogP contribution in [0.15, 0.2) is 48.5 Å². The number of hydrogen-bond donors (Lipinski definition) is 2. The second-order valence-electron chi connectivity index (χ2n) is 9.56. The number of rotatable bonds is 8. The first-order valence-electron chi connectivity index (χ1n) is 12.1. The average Bonchev–Trinajstić information content (AvgIpc) is 3.15. The van der Waals surface area contributed by atoms with Crippen molar-refractivity contribution in [1.82, 2.24) is 15.1 Å². The smallest absolute Gasteiger partial charge is 0.407 e. The minimum Gasteiger partial charge on any atom is -0.481 e. The van der Waals surface area contributed by atoms with Crippen LogP contribution in [0.2, 0.25) is 0 Å². The van der Waals surface area contributed by atoms with Crippen molar-refractivity contribution in [2.75, 3.05) is 33.8 Å². The number of nitrogens with one attached hydrogen (secondary N) is 1. The highest BCUT2D eigenvalue weighted by Crippen LogP contribution is 2.44. The van der Waals surface area contributed by atoms with Gasteiger partial charge in [0.05, 0.1) is 6.42 Å². The zero-order valence-electron chi connectivity index (χ0n) is 20.3. The number of carbonyl (C=O) groups excluding carboxylic acids is 2. The molecule has 0 radical (unpaired) electrons. The molecule has 1 heterocycles. The van der Waals surface area contributed by atoms with Gasteiger partial charge in [0.25, 0.3) is 0 Å². The maximum atomic E-state index is 13.4. The highest BCUT2D eigenvalue weighted by Gasteiger charge is 2.35. The summed E-state index contributed by atoms with van der Waals surface area (Å²) in [6, 6.07) is 15.0. The van der Waals surface area contributed by atoms with Crippen LogP contribution in [-0.4, -0.2) is 78.8 Å². The molecule has 1 aliphatic carbocycles. The molecule has 8 heteroatoms. The van der Waals surface area contributed by atoms with Crippen molar-refractivity contribution in [3.05, 3.63) is 59.7 Å². The van der Waals surface area contributed by atoms with Gasteiger partial charge in [-0.25, -0.2) is 4.79 Å². The van der Waals surface area contributed by atoms with Crippen LogP contribution in [0, 0.1) is 0 Å². The summed E-state index contributed by atoms with van der Waals surface area (Å²) in [4.78, 5) is 41.0. The number of aliphatic carboxylic acids is 1. The van der Waals surface area contributed by atoms with Crippen LogP contribution < -0.4 is 5.32 Å². The lowest BCUT2D eigenvalue weighted by molar-refractivity contribution is -0.143. The third-order valence-electron chi connectivity index (χ3n) is 6.80. The molecule has 0 spiro atoms. The summed E-state index contributed by atoms with van der Waals surface area (Å²) in [5.74, 6) is -1.26. The quantitative estimate of drug-likeness (QED) is 0.603. The van der Waals surface area contributed by atoms with Crippen LogP contribution in [0.1, 0.15) is 42.7 Å². The van der Waals surface area contributed by atoms with Crippen molar-refractivity contribution < 1.29 is 24.2 Å². The van der Waals surface area contributed by atoms with Crippen LogP contribution in [0.5, 0.6) is 0 Å². The summed E-state index contributed by atoms with van der Waals surface area (Å²) in [7, 11) is 3.65. The Hall–Kier alpha value is -3.39. The number of carbonyl (C=O) groups is 3. The van der Waals surface area contributed by atoms with E-state index in [1.165, 1.54) is 0 Å². The van der Waals surface area contributed by atoms with E-state index in [0.717, 1.165) is 35.1 Å². The first-order valence-corrected chi connectivity index (χ1v) is 12.1. The molecule has 35 heavy (non-hydrogen) atoms. The molecule has 0 saturated carbocycles. The van der Waals surface area contributed by atoms with Gasteiger partial charge in [0.2, 0.25) is 5.91 Å². The molecular weight excluding hydrogens is 446 g/mol. The highest BCUT2D eigenvalue weighted by atomic mass is 16.5. The standard InChI is InChI=1S/C27H33N3O5/c1-29(2)16-24(26(33)30-14-8-7-9-18(30)15-25(31)32)28-27(34)35-17-23-21-12-5-3-10-19(21)20-11-4-6-13-22(20)23/h3-6,10-13,18,23-24H,7-9,14-17H2,1-2H3,(H,28,34)(H,31,32)/t18-,24-/m0/s1. The number of fused-ring (bicyclic) bond motifs is 3. The predicted molar refractivity (Wildman–Crippen MR) is 132 cm³/mol. The van der Waals surface area contributed by atoms with Gasteiger partial charge in [-0.05, 0) is 55.6 Å². The molecule has 186 valence electrons. The molecule has 0 aromatic heterocycles. The third-order valence-corrected chi connectivity index (χ3v) is 6.80. The Labute approximate surface area is 205 Å². The lowest BCUT2D eigenvalue weighted by Crippen LogP contribution is -2.56. The molecule has 0 unspecified atom stereocenters. The molecule has 1 saturated heterocycles. The maximum absolute atomic E-state index is 13.4. The van der Waals surface area contributed by atoms with E-state index in [-0.39, 0.29) is 30.9 Å². The van der Waals surface area contributed by atoms with Gasteiger partial charge >= 0.3 is 12.1 Å². The summed E-state index contributed by atoms with van der Waals surface area (Å²) >= 11 is 0. The summed E-state index contributed by atoms with van der Waals surface area (Å²) in [5, 5.41) is 12.0. The number of piperidine rings is 1. The van der Waals surface area contributed by atoms with E-state index in [2.05, 4.69) is 29.6 Å². The van der Waals surface area contributed by atoms with Crippen molar-refractivity contribution >= 4 is 18.0 Å². The van der Waals surface area contributed by atoms with Crippen LogP contribution in [0.3, 0.4) is 0 Å². The SMILES string of the molecule is CN(C)C[C@H](NC(=O)OCC1c2ccccc2-c2ccccc21)C(=O)N1CCCC[C@H]1CC(=O)O. The minimum absolute atomic E-state index is 0.0711. The molecule has 2 N–H and O–H groups in total. The van der Waals surface area contributed by atoms with Crippen molar-refractivity contribution in [2.24, 2.45) is 0 Å². The molecule has 4 rings (SSSR count). The van der Waals surface area contributed by atoms with Crippen molar-refractivity contribution in [1.29, 1.82) is 0 Å². The number of carboxylic acid groups (broad SMARTS) is 1. The second-order valence-corrected chi connectivity index (χ2v) is 9.56. The zero-order valence-corrected chi connectivity index (χ0v) is 20.3.